The Labute approximate surface area is 331 Å². The second-order valence-corrected chi connectivity index (χ2v) is 16.4. The molecule has 0 bridgehead atoms. The molecule has 0 saturated carbocycles. The van der Waals surface area contributed by atoms with Crippen LogP contribution in [0.1, 0.15) is 49.9 Å². The van der Waals surface area contributed by atoms with Crippen LogP contribution in [-0.2, 0) is 22.9 Å². The van der Waals surface area contributed by atoms with Crippen LogP contribution in [0.15, 0.2) is 104 Å². The Morgan fingerprint density at radius 2 is 1.20 bits per heavy atom. The fourth-order valence-electron chi connectivity index (χ4n) is 6.32. The summed E-state index contributed by atoms with van der Waals surface area (Å²) >= 11 is 3.44. The maximum Gasteiger partial charge on any atom is 0.221 e. The van der Waals surface area contributed by atoms with Gasteiger partial charge in [-0.25, -0.2) is 28.4 Å². The molecule has 16 heteroatoms. The van der Waals surface area contributed by atoms with Crippen LogP contribution < -0.4 is 20.1 Å². The number of nitrogens with one attached hydrogen (secondary N) is 4. The zero-order valence-corrected chi connectivity index (χ0v) is 33.2. The summed E-state index contributed by atoms with van der Waals surface area (Å²) in [7, 11) is -3.72. The molecule has 0 fully saturated rings. The van der Waals surface area contributed by atoms with Crippen molar-refractivity contribution in [2.45, 2.75) is 62.9 Å². The molecule has 3 aromatic carbocycles. The Morgan fingerprint density at radius 1 is 0.679 bits per heavy atom. The lowest BCUT2D eigenvalue weighted by atomic mass is 10.1. The van der Waals surface area contributed by atoms with Crippen molar-refractivity contribution < 1.29 is 17.9 Å². The van der Waals surface area contributed by atoms with E-state index in [-0.39, 0.29) is 22.1 Å². The molecule has 9 rings (SSSR count). The molecule has 2 aliphatic rings. The van der Waals surface area contributed by atoms with E-state index in [4.69, 9.17) is 9.47 Å². The van der Waals surface area contributed by atoms with Gasteiger partial charge in [0.15, 0.2) is 0 Å². The lowest BCUT2D eigenvalue weighted by molar-refractivity contribution is 0.243. The summed E-state index contributed by atoms with van der Waals surface area (Å²) in [6.45, 7) is 9.28. The third-order valence-corrected chi connectivity index (χ3v) is 11.0. The lowest BCUT2D eigenvalue weighted by Crippen LogP contribution is -2.08. The molecule has 284 valence electrons. The minimum absolute atomic E-state index is 0.0174. The van der Waals surface area contributed by atoms with E-state index < -0.39 is 9.84 Å². The van der Waals surface area contributed by atoms with E-state index in [1.54, 1.807) is 36.4 Å². The number of aromatic amines is 2. The molecule has 0 saturated heterocycles. The van der Waals surface area contributed by atoms with Crippen molar-refractivity contribution in [3.8, 4) is 11.5 Å². The summed E-state index contributed by atoms with van der Waals surface area (Å²) in [4.78, 5) is 32.1. The molecule has 0 radical (unpaired) electrons. The van der Waals surface area contributed by atoms with Crippen molar-refractivity contribution in [1.82, 2.24) is 29.9 Å². The molecule has 2 aliphatic heterocycles. The van der Waals surface area contributed by atoms with Crippen molar-refractivity contribution in [2.24, 2.45) is 9.98 Å². The summed E-state index contributed by atoms with van der Waals surface area (Å²) in [6, 6.07) is 19.8. The summed E-state index contributed by atoms with van der Waals surface area (Å²) in [5.74, 6) is 2.69. The zero-order chi connectivity index (χ0) is 39.0. The summed E-state index contributed by atoms with van der Waals surface area (Å²) < 4.78 is 38.9. The third kappa shape index (κ3) is 7.57. The van der Waals surface area contributed by atoms with Crippen molar-refractivity contribution in [3.63, 3.8) is 0 Å². The van der Waals surface area contributed by atoms with E-state index in [9.17, 15) is 8.42 Å². The minimum atomic E-state index is -3.72. The first-order valence-electron chi connectivity index (χ1n) is 17.9. The molecule has 6 heterocycles. The highest BCUT2D eigenvalue weighted by molar-refractivity contribution is 9.10. The highest BCUT2D eigenvalue weighted by Gasteiger charge is 2.23. The van der Waals surface area contributed by atoms with Crippen LogP contribution in [0, 0.1) is 0 Å². The summed E-state index contributed by atoms with van der Waals surface area (Å²) in [5, 5.41) is 8.22. The van der Waals surface area contributed by atoms with E-state index in [0.717, 1.165) is 55.3 Å². The predicted molar refractivity (Wildman–Crippen MR) is 221 cm³/mol. The average Bonchev–Trinajstić information content (AvgIpc) is 3.99. The van der Waals surface area contributed by atoms with Crippen molar-refractivity contribution in [3.05, 3.63) is 106 Å². The second kappa shape index (κ2) is 15.2. The van der Waals surface area contributed by atoms with Crippen LogP contribution >= 0.6 is 15.9 Å². The first-order valence-corrected chi connectivity index (χ1v) is 20.1. The Bertz CT molecular complexity index is 2760. The number of halogens is 1. The van der Waals surface area contributed by atoms with E-state index >= 15 is 0 Å². The molecule has 4 aromatic heterocycles. The first-order chi connectivity index (χ1) is 27.0. The number of rotatable bonds is 10. The fourth-order valence-corrected chi connectivity index (χ4v) is 8.01. The van der Waals surface area contributed by atoms with Crippen LogP contribution in [0.4, 0.5) is 23.0 Å². The number of sulfone groups is 1. The van der Waals surface area contributed by atoms with Gasteiger partial charge in [0.05, 0.1) is 56.9 Å². The minimum Gasteiger partial charge on any atom is -0.489 e. The van der Waals surface area contributed by atoms with E-state index in [1.165, 1.54) is 18.2 Å². The molecular weight excluding hydrogens is 796 g/mol. The predicted octanol–water partition coefficient (Wildman–Crippen LogP) is 8.44. The Kier molecular flexibility index (Phi) is 9.99. The van der Waals surface area contributed by atoms with Crippen LogP contribution in [0.2, 0.25) is 0 Å². The SMILES string of the molecule is CC(C)Oc1cc2c(cc1Nc1ncnc3[nH]c(Br)cc13)C=NC2.CC(C)Oc1cc2c(cc1Nc1ncnc3[nH]c(S(=O)(=O)c4ccccc4)cc13)C=NC2. The molecule has 0 aliphatic carbocycles. The highest BCUT2D eigenvalue weighted by Crippen LogP contribution is 2.37. The number of nitrogens with zero attached hydrogens (tertiary/aromatic N) is 6. The molecule has 4 N–H and O–H groups in total. The van der Waals surface area contributed by atoms with E-state index in [2.05, 4.69) is 78.6 Å². The number of hydrogen-bond acceptors (Lipinski definition) is 12. The monoisotopic (exact) mass is 832 g/mol. The van der Waals surface area contributed by atoms with E-state index in [1.807, 2.05) is 58.3 Å². The van der Waals surface area contributed by atoms with Gasteiger partial charge in [-0.15, -0.1) is 0 Å². The quantitative estimate of drug-likeness (QED) is 0.104. The van der Waals surface area contributed by atoms with Crippen LogP contribution in [0.25, 0.3) is 22.1 Å². The molecule has 7 aromatic rings. The van der Waals surface area contributed by atoms with Crippen molar-refractivity contribution >= 4 is 83.3 Å². The summed E-state index contributed by atoms with van der Waals surface area (Å²) in [6.07, 6.45) is 6.70. The molecule has 0 spiro atoms. The van der Waals surface area contributed by atoms with Crippen LogP contribution in [0.3, 0.4) is 0 Å². The Hall–Kier alpha value is -6.13. The fraction of sp³-hybridized carbons (Fsp3) is 0.200. The maximum absolute atomic E-state index is 13.0. The van der Waals surface area contributed by atoms with Gasteiger partial charge in [-0.05, 0) is 114 Å². The van der Waals surface area contributed by atoms with Crippen molar-refractivity contribution in [2.75, 3.05) is 10.6 Å². The van der Waals surface area contributed by atoms with Gasteiger partial charge >= 0.3 is 0 Å². The smallest absolute Gasteiger partial charge is 0.221 e. The zero-order valence-electron chi connectivity index (χ0n) is 30.8. The van der Waals surface area contributed by atoms with Gasteiger partial charge in [0.1, 0.15) is 52.1 Å². The number of ether oxygens (including phenoxy) is 2. The van der Waals surface area contributed by atoms with Gasteiger partial charge in [0.25, 0.3) is 0 Å². The molecule has 0 amide bonds. The number of fused-ring (bicyclic) bond motifs is 4. The topological polar surface area (TPSA) is 185 Å². The Balaban J connectivity index is 0.000000164. The normalized spacial score (nSPS) is 12.9. The molecule has 0 atom stereocenters. The summed E-state index contributed by atoms with van der Waals surface area (Å²) in [5.41, 5.74) is 7.17. The molecule has 14 nitrogen and oxygen atoms in total. The van der Waals surface area contributed by atoms with Gasteiger partial charge in [-0.3, -0.25) is 9.98 Å². The van der Waals surface area contributed by atoms with Crippen LogP contribution in [0.5, 0.6) is 11.5 Å². The Morgan fingerprint density at radius 3 is 1.73 bits per heavy atom. The number of hydrogen-bond donors (Lipinski definition) is 4. The first kappa shape index (κ1) is 36.8. The maximum atomic E-state index is 13.0. The number of anilines is 4. The third-order valence-electron chi connectivity index (χ3n) is 8.84. The largest absolute Gasteiger partial charge is 0.489 e. The van der Waals surface area contributed by atoms with Gasteiger partial charge in [-0.2, -0.15) is 0 Å². The number of benzene rings is 3. The number of aliphatic imine (C=N–C) groups is 2. The molecule has 0 unspecified atom stereocenters. The van der Waals surface area contributed by atoms with Crippen molar-refractivity contribution in [1.29, 1.82) is 0 Å². The van der Waals surface area contributed by atoms with Gasteiger partial charge in [-0.1, -0.05) is 18.2 Å². The lowest BCUT2D eigenvalue weighted by Gasteiger charge is -2.17. The van der Waals surface area contributed by atoms with Crippen LogP contribution in [-0.4, -0.2) is 63.0 Å². The molecular formula is C40H37BrN10O4S. The standard InChI is InChI=1S/C23H21N5O3S.C17H16BrN5O/c1-14(2)31-20-9-16-12-24-11-15(16)8-19(20)27-22-18-10-21(28-23(18)26-13-25-22)32(29,30)17-6-4-3-5-7-17;1-9(2)24-14-4-11-7-19-6-10(11)3-13(14)22-16-12-5-15(18)23-17(12)21-8-20-16/h3-11,13-14H,12H2,1-2H3,(H2,25,26,27,28);3-6,8-9H,7H2,1-2H3,(H2,20,21,22,23). The number of H-pyrrole nitrogens is 2. The molecule has 56 heavy (non-hydrogen) atoms. The van der Waals surface area contributed by atoms with Gasteiger partial charge < -0.3 is 30.1 Å². The highest BCUT2D eigenvalue weighted by atomic mass is 79.9. The van der Waals surface area contributed by atoms with Gasteiger partial charge in [0, 0.05) is 12.4 Å². The second-order valence-electron chi connectivity index (χ2n) is 13.7. The number of aromatic nitrogens is 6. The van der Waals surface area contributed by atoms with E-state index in [0.29, 0.717) is 35.7 Å². The van der Waals surface area contributed by atoms with Gasteiger partial charge in [0.2, 0.25) is 9.84 Å². The average molecular weight is 834 g/mol.